The summed E-state index contributed by atoms with van der Waals surface area (Å²) in [4.78, 5) is 23.4. The lowest BCUT2D eigenvalue weighted by Crippen LogP contribution is -2.31. The van der Waals surface area contributed by atoms with Crippen LogP contribution in [0, 0.1) is 12.7 Å². The summed E-state index contributed by atoms with van der Waals surface area (Å²) in [5, 5.41) is 3.55. The van der Waals surface area contributed by atoms with Gasteiger partial charge in [0.2, 0.25) is 0 Å². The Hall–Kier alpha value is -3.13. The van der Waals surface area contributed by atoms with E-state index in [0.29, 0.717) is 16.4 Å². The van der Waals surface area contributed by atoms with E-state index in [1.54, 1.807) is 37.6 Å². The zero-order valence-electron chi connectivity index (χ0n) is 16.3. The summed E-state index contributed by atoms with van der Waals surface area (Å²) in [7, 11) is 3.07. The van der Waals surface area contributed by atoms with Gasteiger partial charge in [-0.2, -0.15) is 0 Å². The first-order valence-electron chi connectivity index (χ1n) is 8.86. The number of rotatable bonds is 6. The van der Waals surface area contributed by atoms with E-state index in [-0.39, 0.29) is 18.3 Å². The van der Waals surface area contributed by atoms with Crippen LogP contribution in [0.2, 0.25) is 0 Å². The van der Waals surface area contributed by atoms with Crippen molar-refractivity contribution < 1.29 is 13.9 Å². The molecule has 150 valence electrons. The second-order valence-electron chi connectivity index (χ2n) is 6.37. The Morgan fingerprint density at radius 3 is 2.62 bits per heavy atom. The zero-order chi connectivity index (χ0) is 20.8. The predicted octanol–water partition coefficient (Wildman–Crippen LogP) is 4.75. The first kappa shape index (κ1) is 20.6. The van der Waals surface area contributed by atoms with Crippen molar-refractivity contribution in [3.63, 3.8) is 0 Å². The molecule has 0 aliphatic carbocycles. The summed E-state index contributed by atoms with van der Waals surface area (Å²) in [5.41, 5.74) is 2.30. The number of methoxy groups -OCH3 is 1. The summed E-state index contributed by atoms with van der Waals surface area (Å²) in [5.74, 6) is -0.277. The summed E-state index contributed by atoms with van der Waals surface area (Å²) < 4.78 is 18.8. The van der Waals surface area contributed by atoms with E-state index < -0.39 is 5.82 Å². The van der Waals surface area contributed by atoms with Crippen molar-refractivity contribution in [2.75, 3.05) is 19.5 Å². The second-order valence-corrected chi connectivity index (χ2v) is 7.41. The highest BCUT2D eigenvalue weighted by atomic mass is 32.2. The Bertz CT molecular complexity index is 1000. The third-order valence-electron chi connectivity index (χ3n) is 4.17. The Morgan fingerprint density at radius 2 is 1.97 bits per heavy atom. The molecule has 0 radical (unpaired) electrons. The van der Waals surface area contributed by atoms with Gasteiger partial charge in [-0.1, -0.05) is 6.07 Å². The fraction of sp³-hybridized carbons (Fsp3) is 0.190. The van der Waals surface area contributed by atoms with Gasteiger partial charge in [0, 0.05) is 36.6 Å². The highest BCUT2D eigenvalue weighted by Crippen LogP contribution is 2.28. The van der Waals surface area contributed by atoms with Crippen LogP contribution >= 0.6 is 11.8 Å². The number of nitrogens with zero attached hydrogens (tertiary/aromatic N) is 3. The SMILES string of the molecule is COc1ccc(CN(C)C(=O)Nc2ccc(Sc3ncccn3)cc2C)cc1F. The lowest BCUT2D eigenvalue weighted by atomic mass is 10.2. The molecule has 29 heavy (non-hydrogen) atoms. The molecule has 0 atom stereocenters. The van der Waals surface area contributed by atoms with E-state index in [4.69, 9.17) is 4.74 Å². The van der Waals surface area contributed by atoms with Gasteiger partial charge in [0.1, 0.15) is 0 Å². The number of amides is 2. The molecule has 0 bridgehead atoms. The Labute approximate surface area is 173 Å². The minimum Gasteiger partial charge on any atom is -0.494 e. The summed E-state index contributed by atoms with van der Waals surface area (Å²) in [6.45, 7) is 2.19. The smallest absolute Gasteiger partial charge is 0.321 e. The molecule has 0 aliphatic rings. The van der Waals surface area contributed by atoms with Crippen LogP contribution in [0.1, 0.15) is 11.1 Å². The number of hydrogen-bond donors (Lipinski definition) is 1. The molecule has 1 aromatic heterocycles. The van der Waals surface area contributed by atoms with Crippen LogP contribution in [0.3, 0.4) is 0 Å². The Kier molecular flexibility index (Phi) is 6.66. The quantitative estimate of drug-likeness (QED) is 0.592. The van der Waals surface area contributed by atoms with Gasteiger partial charge in [-0.25, -0.2) is 19.2 Å². The number of hydrogen-bond acceptors (Lipinski definition) is 5. The molecule has 3 aromatic rings. The fourth-order valence-electron chi connectivity index (χ4n) is 2.65. The van der Waals surface area contributed by atoms with Gasteiger partial charge in [0.25, 0.3) is 0 Å². The van der Waals surface area contributed by atoms with Crippen LogP contribution in [0.25, 0.3) is 0 Å². The first-order chi connectivity index (χ1) is 14.0. The minimum absolute atomic E-state index is 0.176. The number of urea groups is 1. The van der Waals surface area contributed by atoms with Gasteiger partial charge < -0.3 is 15.0 Å². The largest absolute Gasteiger partial charge is 0.494 e. The number of halogens is 1. The minimum atomic E-state index is -0.454. The van der Waals surface area contributed by atoms with Gasteiger partial charge in [-0.15, -0.1) is 0 Å². The van der Waals surface area contributed by atoms with Gasteiger partial charge in [0.05, 0.1) is 7.11 Å². The number of benzene rings is 2. The molecule has 1 heterocycles. The predicted molar refractivity (Wildman–Crippen MR) is 111 cm³/mol. The number of ether oxygens (including phenoxy) is 1. The number of nitrogens with one attached hydrogen (secondary N) is 1. The van der Waals surface area contributed by atoms with Crippen molar-refractivity contribution in [1.29, 1.82) is 0 Å². The number of anilines is 1. The molecule has 3 rings (SSSR count). The molecular weight excluding hydrogens is 391 g/mol. The van der Waals surface area contributed by atoms with Crippen LogP contribution in [0.5, 0.6) is 5.75 Å². The molecule has 0 aliphatic heterocycles. The van der Waals surface area contributed by atoms with E-state index in [1.807, 2.05) is 25.1 Å². The Morgan fingerprint density at radius 1 is 1.21 bits per heavy atom. The average molecular weight is 412 g/mol. The van der Waals surface area contributed by atoms with E-state index in [9.17, 15) is 9.18 Å². The first-order valence-corrected chi connectivity index (χ1v) is 9.68. The standard InChI is InChI=1S/C21H21FN4O2S/c1-14-11-16(29-20-23-9-4-10-24-20)6-7-18(14)25-21(27)26(2)13-15-5-8-19(28-3)17(22)12-15/h4-12H,13H2,1-3H3,(H,25,27). The van der Waals surface area contributed by atoms with Crippen molar-refractivity contribution in [3.8, 4) is 5.75 Å². The molecule has 0 spiro atoms. The molecule has 0 saturated heterocycles. The van der Waals surface area contributed by atoms with E-state index in [2.05, 4.69) is 15.3 Å². The molecule has 8 heteroatoms. The highest BCUT2D eigenvalue weighted by Gasteiger charge is 2.13. The van der Waals surface area contributed by atoms with Crippen LogP contribution in [0.15, 0.2) is 64.9 Å². The van der Waals surface area contributed by atoms with Crippen molar-refractivity contribution >= 4 is 23.5 Å². The van der Waals surface area contributed by atoms with Crippen molar-refractivity contribution in [1.82, 2.24) is 14.9 Å². The molecule has 2 aromatic carbocycles. The molecule has 0 saturated carbocycles. The van der Waals surface area contributed by atoms with Crippen LogP contribution in [-0.4, -0.2) is 35.1 Å². The topological polar surface area (TPSA) is 67.3 Å². The third-order valence-corrected chi connectivity index (χ3v) is 5.06. The summed E-state index contributed by atoms with van der Waals surface area (Å²) in [6, 6.07) is 11.9. The van der Waals surface area contributed by atoms with Crippen molar-refractivity contribution in [2.24, 2.45) is 0 Å². The maximum Gasteiger partial charge on any atom is 0.321 e. The summed E-state index contributed by atoms with van der Waals surface area (Å²) in [6.07, 6.45) is 3.39. The number of carbonyl (C=O) groups excluding carboxylic acids is 1. The van der Waals surface area contributed by atoms with E-state index in [0.717, 1.165) is 10.5 Å². The normalized spacial score (nSPS) is 10.5. The van der Waals surface area contributed by atoms with Crippen LogP contribution < -0.4 is 10.1 Å². The highest BCUT2D eigenvalue weighted by molar-refractivity contribution is 7.99. The maximum absolute atomic E-state index is 13.8. The van der Waals surface area contributed by atoms with Gasteiger partial charge in [0.15, 0.2) is 16.7 Å². The van der Waals surface area contributed by atoms with Crippen molar-refractivity contribution in [3.05, 3.63) is 71.8 Å². The van der Waals surface area contributed by atoms with Gasteiger partial charge >= 0.3 is 6.03 Å². The number of carbonyl (C=O) groups is 1. The molecular formula is C21H21FN4O2S. The van der Waals surface area contributed by atoms with Gasteiger partial charge in [-0.3, -0.25) is 0 Å². The molecule has 1 N–H and O–H groups in total. The zero-order valence-corrected chi connectivity index (χ0v) is 17.2. The van der Waals surface area contributed by atoms with Crippen LogP contribution in [-0.2, 0) is 6.54 Å². The number of aromatic nitrogens is 2. The molecule has 2 amide bonds. The molecule has 6 nitrogen and oxygen atoms in total. The molecule has 0 unspecified atom stereocenters. The third kappa shape index (κ3) is 5.45. The Balaban J connectivity index is 1.62. The maximum atomic E-state index is 13.8. The van der Waals surface area contributed by atoms with E-state index >= 15 is 0 Å². The fourth-order valence-corrected chi connectivity index (χ4v) is 3.46. The lowest BCUT2D eigenvalue weighted by molar-refractivity contribution is 0.220. The van der Waals surface area contributed by atoms with Crippen molar-refractivity contribution in [2.45, 2.75) is 23.5 Å². The average Bonchev–Trinajstić information content (AvgIpc) is 2.71. The second kappa shape index (κ2) is 9.38. The van der Waals surface area contributed by atoms with Crippen LogP contribution in [0.4, 0.5) is 14.9 Å². The monoisotopic (exact) mass is 412 g/mol. The lowest BCUT2D eigenvalue weighted by Gasteiger charge is -2.19. The van der Waals surface area contributed by atoms with E-state index in [1.165, 1.54) is 29.8 Å². The molecule has 0 fully saturated rings. The van der Waals surface area contributed by atoms with Gasteiger partial charge in [-0.05, 0) is 66.2 Å². The summed E-state index contributed by atoms with van der Waals surface area (Å²) >= 11 is 1.45. The number of aryl methyl sites for hydroxylation is 1.